The Kier molecular flexibility index (Phi) is 6.95. The second kappa shape index (κ2) is 11.2. The van der Waals surface area contributed by atoms with E-state index in [-0.39, 0.29) is 24.2 Å². The Hall–Kier alpha value is -4.48. The first-order valence-electron chi connectivity index (χ1n) is 13.9. The van der Waals surface area contributed by atoms with Crippen molar-refractivity contribution in [3.05, 3.63) is 177 Å². The van der Waals surface area contributed by atoms with Crippen LogP contribution in [-0.2, 0) is 0 Å². The molecule has 0 bridgehead atoms. The minimum Gasteiger partial charge on any atom is -0.361 e. The van der Waals surface area contributed by atoms with Crippen LogP contribution in [0.25, 0.3) is 0 Å². The maximum atomic E-state index is 5.24. The largest absolute Gasteiger partial charge is 0.361 e. The zero-order valence-corrected chi connectivity index (χ0v) is 23.9. The standard InChI is InChI=1S/C36H29BrN4/c37-30-22-28(35-38-31(24-13-5-1-6-14-24)32(39-35)25-15-7-2-8-16-25)21-29(23-30)36-40-33(26-17-9-3-10-18-26)34(41-36)27-19-11-4-12-20-27/h1-23,31-34H,(H,38,39)(H,40,41)/t31-,32-,33-,34-/m0/s1. The molecule has 0 aliphatic carbocycles. The van der Waals surface area contributed by atoms with Gasteiger partial charge in [-0.15, -0.1) is 0 Å². The van der Waals surface area contributed by atoms with E-state index in [1.54, 1.807) is 0 Å². The van der Waals surface area contributed by atoms with Gasteiger partial charge in [-0.05, 0) is 40.5 Å². The van der Waals surface area contributed by atoms with Crippen molar-refractivity contribution in [2.24, 2.45) is 9.98 Å². The van der Waals surface area contributed by atoms with Gasteiger partial charge in [0.05, 0.1) is 12.1 Å². The molecule has 2 aliphatic heterocycles. The maximum Gasteiger partial charge on any atom is 0.129 e. The summed E-state index contributed by atoms with van der Waals surface area (Å²) in [5.41, 5.74) is 6.87. The van der Waals surface area contributed by atoms with E-state index in [0.717, 1.165) is 27.3 Å². The molecule has 0 fully saturated rings. The average Bonchev–Trinajstić information content (AvgIpc) is 3.69. The van der Waals surface area contributed by atoms with Crippen molar-refractivity contribution < 1.29 is 0 Å². The molecular formula is C36H29BrN4. The monoisotopic (exact) mass is 596 g/mol. The van der Waals surface area contributed by atoms with Crippen LogP contribution in [0.1, 0.15) is 57.5 Å². The van der Waals surface area contributed by atoms with Crippen LogP contribution in [0.4, 0.5) is 0 Å². The number of hydrogen-bond acceptors (Lipinski definition) is 4. The summed E-state index contributed by atoms with van der Waals surface area (Å²) < 4.78 is 0.984. The molecule has 5 heteroatoms. The Morgan fingerprint density at radius 2 is 0.780 bits per heavy atom. The number of nitrogens with one attached hydrogen (secondary N) is 2. The molecule has 41 heavy (non-hydrogen) atoms. The van der Waals surface area contributed by atoms with E-state index >= 15 is 0 Å². The predicted molar refractivity (Wildman–Crippen MR) is 170 cm³/mol. The summed E-state index contributed by atoms with van der Waals surface area (Å²) in [6, 6.07) is 48.7. The quantitative estimate of drug-likeness (QED) is 0.208. The first-order valence-corrected chi connectivity index (χ1v) is 14.7. The molecule has 0 amide bonds. The molecule has 4 atom stereocenters. The van der Waals surface area contributed by atoms with Crippen LogP contribution in [-0.4, -0.2) is 11.7 Å². The van der Waals surface area contributed by atoms with Gasteiger partial charge in [-0.1, -0.05) is 137 Å². The van der Waals surface area contributed by atoms with Crippen molar-refractivity contribution in [2.75, 3.05) is 0 Å². The molecule has 0 spiro atoms. The summed E-state index contributed by atoms with van der Waals surface area (Å²) in [6.45, 7) is 0. The number of halogens is 1. The minimum atomic E-state index is -0.0251. The van der Waals surface area contributed by atoms with Gasteiger partial charge in [0.2, 0.25) is 0 Å². The number of nitrogens with zero attached hydrogens (tertiary/aromatic N) is 2. The third kappa shape index (κ3) is 5.21. The topological polar surface area (TPSA) is 48.8 Å². The second-order valence-electron chi connectivity index (χ2n) is 10.5. The number of hydrogen-bond donors (Lipinski definition) is 2. The SMILES string of the molecule is Brc1cc(C2=N[C@@H](c3ccccc3)[C@H](c3ccccc3)N2)cc(C2=N[C@@H](c3ccccc3)[C@H](c3ccccc3)N2)c1. The summed E-state index contributed by atoms with van der Waals surface area (Å²) in [5.74, 6) is 1.76. The minimum absolute atomic E-state index is 0.0251. The zero-order chi connectivity index (χ0) is 27.6. The highest BCUT2D eigenvalue weighted by Gasteiger charge is 2.34. The Bertz CT molecular complexity index is 1580. The van der Waals surface area contributed by atoms with Gasteiger partial charge in [0.25, 0.3) is 0 Å². The average molecular weight is 598 g/mol. The van der Waals surface area contributed by atoms with E-state index in [1.807, 2.05) is 0 Å². The highest BCUT2D eigenvalue weighted by Crippen LogP contribution is 2.39. The third-order valence-electron chi connectivity index (χ3n) is 7.80. The summed E-state index contributed by atoms with van der Waals surface area (Å²) in [7, 11) is 0. The van der Waals surface area contributed by atoms with Crippen molar-refractivity contribution in [3.63, 3.8) is 0 Å². The van der Waals surface area contributed by atoms with E-state index in [0.29, 0.717) is 0 Å². The normalized spacial score (nSPS) is 21.5. The van der Waals surface area contributed by atoms with Crippen molar-refractivity contribution in [3.8, 4) is 0 Å². The van der Waals surface area contributed by atoms with Crippen LogP contribution in [0.2, 0.25) is 0 Å². The van der Waals surface area contributed by atoms with E-state index in [9.17, 15) is 0 Å². The lowest BCUT2D eigenvalue weighted by Crippen LogP contribution is -2.27. The maximum absolute atomic E-state index is 5.24. The summed E-state index contributed by atoms with van der Waals surface area (Å²) in [4.78, 5) is 10.5. The van der Waals surface area contributed by atoms with Crippen LogP contribution in [0.3, 0.4) is 0 Å². The molecule has 0 radical (unpaired) electrons. The van der Waals surface area contributed by atoms with E-state index in [2.05, 4.69) is 166 Å². The van der Waals surface area contributed by atoms with Gasteiger partial charge < -0.3 is 10.6 Å². The molecule has 0 aromatic heterocycles. The molecular weight excluding hydrogens is 568 g/mol. The van der Waals surface area contributed by atoms with Gasteiger partial charge in [0.1, 0.15) is 23.8 Å². The Morgan fingerprint density at radius 3 is 1.15 bits per heavy atom. The second-order valence-corrected chi connectivity index (χ2v) is 11.4. The lowest BCUT2D eigenvalue weighted by atomic mass is 9.95. The highest BCUT2D eigenvalue weighted by molar-refractivity contribution is 9.10. The number of benzene rings is 5. The van der Waals surface area contributed by atoms with E-state index in [4.69, 9.17) is 9.98 Å². The molecule has 2 N–H and O–H groups in total. The van der Waals surface area contributed by atoms with Crippen molar-refractivity contribution in [1.29, 1.82) is 0 Å². The van der Waals surface area contributed by atoms with E-state index in [1.165, 1.54) is 22.3 Å². The van der Waals surface area contributed by atoms with Gasteiger partial charge in [0, 0.05) is 15.6 Å². The zero-order valence-electron chi connectivity index (χ0n) is 22.4. The molecule has 4 nitrogen and oxygen atoms in total. The van der Waals surface area contributed by atoms with Gasteiger partial charge in [-0.25, -0.2) is 0 Å². The lowest BCUT2D eigenvalue weighted by molar-refractivity contribution is 0.572. The Labute approximate surface area is 249 Å². The van der Waals surface area contributed by atoms with Crippen LogP contribution in [0.15, 0.2) is 154 Å². The molecule has 5 aromatic rings. The van der Waals surface area contributed by atoms with Crippen molar-refractivity contribution in [1.82, 2.24) is 10.6 Å². The lowest BCUT2D eigenvalue weighted by Gasteiger charge is -2.20. The smallest absolute Gasteiger partial charge is 0.129 e. The molecule has 0 saturated heterocycles. The molecule has 5 aromatic carbocycles. The van der Waals surface area contributed by atoms with Crippen LogP contribution in [0.5, 0.6) is 0 Å². The van der Waals surface area contributed by atoms with Crippen molar-refractivity contribution in [2.45, 2.75) is 24.2 Å². The molecule has 2 heterocycles. The summed E-state index contributed by atoms with van der Waals surface area (Å²) >= 11 is 3.78. The van der Waals surface area contributed by atoms with E-state index < -0.39 is 0 Å². The fraction of sp³-hybridized carbons (Fsp3) is 0.111. The predicted octanol–water partition coefficient (Wildman–Crippen LogP) is 8.11. The van der Waals surface area contributed by atoms with Crippen LogP contribution >= 0.6 is 15.9 Å². The molecule has 7 rings (SSSR count). The first-order chi connectivity index (χ1) is 20.2. The van der Waals surface area contributed by atoms with Gasteiger partial charge in [-0.2, -0.15) is 0 Å². The Balaban J connectivity index is 1.26. The third-order valence-corrected chi connectivity index (χ3v) is 8.25. The fourth-order valence-electron chi connectivity index (χ4n) is 5.82. The molecule has 0 unspecified atom stereocenters. The van der Waals surface area contributed by atoms with Gasteiger partial charge >= 0.3 is 0 Å². The van der Waals surface area contributed by atoms with Crippen LogP contribution < -0.4 is 10.6 Å². The highest BCUT2D eigenvalue weighted by atomic mass is 79.9. The molecule has 200 valence electrons. The van der Waals surface area contributed by atoms with Crippen LogP contribution in [0, 0.1) is 0 Å². The van der Waals surface area contributed by atoms with Gasteiger partial charge in [-0.3, -0.25) is 9.98 Å². The summed E-state index contributed by atoms with van der Waals surface area (Å²) in [6.07, 6.45) is 0. The molecule has 2 aliphatic rings. The first kappa shape index (κ1) is 25.5. The molecule has 0 saturated carbocycles. The summed E-state index contributed by atoms with van der Waals surface area (Å²) in [5, 5.41) is 7.51. The number of rotatable bonds is 6. The fourth-order valence-corrected chi connectivity index (χ4v) is 6.31. The Morgan fingerprint density at radius 1 is 0.439 bits per heavy atom. The van der Waals surface area contributed by atoms with Crippen molar-refractivity contribution >= 4 is 27.6 Å². The van der Waals surface area contributed by atoms with Gasteiger partial charge in [0.15, 0.2) is 0 Å². The number of amidine groups is 2. The number of aliphatic imine (C=N–C) groups is 2.